The first-order chi connectivity index (χ1) is 9.72. The molecule has 3 heteroatoms. The van der Waals surface area contributed by atoms with Crippen molar-refractivity contribution in [3.05, 3.63) is 65.5 Å². The maximum Gasteiger partial charge on any atom is 0.128 e. The average Bonchev–Trinajstić information content (AvgIpc) is 2.46. The van der Waals surface area contributed by atoms with Crippen LogP contribution in [0.4, 0.5) is 10.1 Å². The zero-order valence-corrected chi connectivity index (χ0v) is 11.9. The number of rotatable bonds is 6. The summed E-state index contributed by atoms with van der Waals surface area (Å²) in [5.41, 5.74) is 2.88. The minimum absolute atomic E-state index is 0.0834. The van der Waals surface area contributed by atoms with Crippen molar-refractivity contribution < 1.29 is 9.13 Å². The van der Waals surface area contributed by atoms with E-state index in [4.69, 9.17) is 4.74 Å². The molecule has 2 aromatic carbocycles. The maximum absolute atomic E-state index is 13.8. The Bertz CT molecular complexity index is 556. The molecule has 0 bridgehead atoms. The molecule has 0 spiro atoms. The van der Waals surface area contributed by atoms with Crippen LogP contribution in [-0.2, 0) is 11.2 Å². The monoisotopic (exact) mass is 273 g/mol. The molecule has 0 saturated heterocycles. The van der Waals surface area contributed by atoms with Crippen molar-refractivity contribution in [3.8, 4) is 0 Å². The van der Waals surface area contributed by atoms with Crippen molar-refractivity contribution in [1.29, 1.82) is 0 Å². The molecule has 0 aliphatic rings. The van der Waals surface area contributed by atoms with Gasteiger partial charge >= 0.3 is 0 Å². The summed E-state index contributed by atoms with van der Waals surface area (Å²) in [5, 5.41) is 3.38. The zero-order valence-electron chi connectivity index (χ0n) is 11.9. The fraction of sp³-hybridized carbons (Fsp3) is 0.294. The lowest BCUT2D eigenvalue weighted by Crippen LogP contribution is -2.10. The summed E-state index contributed by atoms with van der Waals surface area (Å²) in [7, 11) is 1.69. The summed E-state index contributed by atoms with van der Waals surface area (Å²) >= 11 is 0. The van der Waals surface area contributed by atoms with E-state index in [1.165, 1.54) is 11.6 Å². The lowest BCUT2D eigenvalue weighted by molar-refractivity contribution is 0.202. The highest BCUT2D eigenvalue weighted by molar-refractivity contribution is 5.52. The average molecular weight is 273 g/mol. The van der Waals surface area contributed by atoms with Gasteiger partial charge in [-0.25, -0.2) is 4.39 Å². The molecule has 0 heterocycles. The molecule has 2 nitrogen and oxygen atoms in total. The summed E-state index contributed by atoms with van der Waals surface area (Å²) in [5.74, 6) is -0.179. The molecular formula is C17H20FNO. The minimum Gasteiger partial charge on any atom is -0.384 e. The quantitative estimate of drug-likeness (QED) is 0.852. The second kappa shape index (κ2) is 7.06. The van der Waals surface area contributed by atoms with Crippen molar-refractivity contribution in [1.82, 2.24) is 0 Å². The molecule has 20 heavy (non-hydrogen) atoms. The van der Waals surface area contributed by atoms with Crippen LogP contribution < -0.4 is 5.32 Å². The van der Waals surface area contributed by atoms with Crippen molar-refractivity contribution in [2.45, 2.75) is 19.4 Å². The lowest BCUT2D eigenvalue weighted by Gasteiger charge is -2.19. The molecule has 0 fully saturated rings. The Morgan fingerprint density at radius 3 is 2.55 bits per heavy atom. The standard InChI is InChI=1S/C17H20FNO/c1-13(15-8-4-5-9-16(15)18)19-17-10-6-3-7-14(17)11-12-20-2/h3-10,13,19H,11-12H2,1-2H3. The van der Waals surface area contributed by atoms with Gasteiger partial charge < -0.3 is 10.1 Å². The second-order valence-electron chi connectivity index (χ2n) is 4.79. The van der Waals surface area contributed by atoms with E-state index in [0.29, 0.717) is 12.2 Å². The van der Waals surface area contributed by atoms with Gasteiger partial charge in [0.25, 0.3) is 0 Å². The van der Waals surface area contributed by atoms with Gasteiger partial charge in [0.2, 0.25) is 0 Å². The Kier molecular flexibility index (Phi) is 5.13. The smallest absolute Gasteiger partial charge is 0.128 e. The first-order valence-electron chi connectivity index (χ1n) is 6.80. The Hall–Kier alpha value is -1.87. The van der Waals surface area contributed by atoms with Gasteiger partial charge in [-0.3, -0.25) is 0 Å². The number of benzene rings is 2. The summed E-state index contributed by atoms with van der Waals surface area (Å²) < 4.78 is 18.9. The van der Waals surface area contributed by atoms with Crippen LogP contribution in [0, 0.1) is 5.82 Å². The van der Waals surface area contributed by atoms with E-state index in [1.54, 1.807) is 13.2 Å². The number of nitrogens with one attached hydrogen (secondary N) is 1. The lowest BCUT2D eigenvalue weighted by atomic mass is 10.1. The zero-order chi connectivity index (χ0) is 14.4. The SMILES string of the molecule is COCCc1ccccc1NC(C)c1ccccc1F. The number of para-hydroxylation sites is 1. The number of hydrogen-bond acceptors (Lipinski definition) is 2. The fourth-order valence-electron chi connectivity index (χ4n) is 2.23. The first-order valence-corrected chi connectivity index (χ1v) is 6.80. The highest BCUT2D eigenvalue weighted by Crippen LogP contribution is 2.24. The molecule has 0 aliphatic carbocycles. The van der Waals surface area contributed by atoms with Crippen molar-refractivity contribution >= 4 is 5.69 Å². The fourth-order valence-corrected chi connectivity index (χ4v) is 2.23. The molecule has 1 N–H and O–H groups in total. The van der Waals surface area contributed by atoms with Crippen LogP contribution in [0.15, 0.2) is 48.5 Å². The van der Waals surface area contributed by atoms with Gasteiger partial charge in [-0.1, -0.05) is 36.4 Å². The van der Waals surface area contributed by atoms with Crippen LogP contribution in [0.5, 0.6) is 0 Å². The molecule has 0 aromatic heterocycles. The molecule has 1 atom stereocenters. The maximum atomic E-state index is 13.8. The Balaban J connectivity index is 2.15. The molecule has 0 amide bonds. The highest BCUT2D eigenvalue weighted by atomic mass is 19.1. The van der Waals surface area contributed by atoms with Gasteiger partial charge in [-0.15, -0.1) is 0 Å². The van der Waals surface area contributed by atoms with Gasteiger partial charge in [0.05, 0.1) is 12.6 Å². The van der Waals surface area contributed by atoms with Crippen LogP contribution in [0.3, 0.4) is 0 Å². The topological polar surface area (TPSA) is 21.3 Å². The van der Waals surface area contributed by atoms with E-state index in [1.807, 2.05) is 37.3 Å². The summed E-state index contributed by atoms with van der Waals surface area (Å²) in [6.07, 6.45) is 0.837. The third kappa shape index (κ3) is 3.58. The number of hydrogen-bond donors (Lipinski definition) is 1. The number of methoxy groups -OCH3 is 1. The Morgan fingerprint density at radius 2 is 1.80 bits per heavy atom. The van der Waals surface area contributed by atoms with Crippen LogP contribution in [-0.4, -0.2) is 13.7 Å². The van der Waals surface area contributed by atoms with Gasteiger partial charge in [0.1, 0.15) is 5.82 Å². The summed E-state index contributed by atoms with van der Waals surface area (Å²) in [4.78, 5) is 0. The van der Waals surface area contributed by atoms with E-state index >= 15 is 0 Å². The highest BCUT2D eigenvalue weighted by Gasteiger charge is 2.11. The normalized spacial score (nSPS) is 12.2. The molecule has 0 aliphatic heterocycles. The van der Waals surface area contributed by atoms with E-state index in [9.17, 15) is 4.39 Å². The molecule has 0 saturated carbocycles. The van der Waals surface area contributed by atoms with Crippen LogP contribution in [0.2, 0.25) is 0 Å². The van der Waals surface area contributed by atoms with E-state index in [0.717, 1.165) is 12.1 Å². The molecule has 106 valence electrons. The third-order valence-corrected chi connectivity index (χ3v) is 3.34. The van der Waals surface area contributed by atoms with Crippen LogP contribution in [0.1, 0.15) is 24.1 Å². The molecular weight excluding hydrogens is 253 g/mol. The number of ether oxygens (including phenoxy) is 1. The van der Waals surface area contributed by atoms with Crippen LogP contribution in [0.25, 0.3) is 0 Å². The van der Waals surface area contributed by atoms with Crippen LogP contribution >= 0.6 is 0 Å². The predicted octanol–water partition coefficient (Wildman–Crippen LogP) is 4.19. The molecule has 0 radical (unpaired) electrons. The van der Waals surface area contributed by atoms with Gasteiger partial charge in [-0.2, -0.15) is 0 Å². The summed E-state index contributed by atoms with van der Waals surface area (Å²) in [6, 6.07) is 14.8. The summed E-state index contributed by atoms with van der Waals surface area (Å²) in [6.45, 7) is 2.64. The largest absolute Gasteiger partial charge is 0.384 e. The molecule has 2 rings (SSSR count). The number of anilines is 1. The first kappa shape index (κ1) is 14.5. The van der Waals surface area contributed by atoms with E-state index < -0.39 is 0 Å². The molecule has 1 unspecified atom stereocenters. The third-order valence-electron chi connectivity index (χ3n) is 3.34. The van der Waals surface area contributed by atoms with E-state index in [-0.39, 0.29) is 11.9 Å². The van der Waals surface area contributed by atoms with Gasteiger partial charge in [0.15, 0.2) is 0 Å². The van der Waals surface area contributed by atoms with Crippen molar-refractivity contribution in [2.75, 3.05) is 19.0 Å². The van der Waals surface area contributed by atoms with E-state index in [2.05, 4.69) is 11.4 Å². The minimum atomic E-state index is -0.179. The van der Waals surface area contributed by atoms with Crippen molar-refractivity contribution in [3.63, 3.8) is 0 Å². The van der Waals surface area contributed by atoms with Gasteiger partial charge in [-0.05, 0) is 31.0 Å². The second-order valence-corrected chi connectivity index (χ2v) is 4.79. The van der Waals surface area contributed by atoms with Crippen molar-refractivity contribution in [2.24, 2.45) is 0 Å². The predicted molar refractivity (Wildman–Crippen MR) is 80.5 cm³/mol. The van der Waals surface area contributed by atoms with Gasteiger partial charge in [0, 0.05) is 18.4 Å². The number of halogens is 1. The molecule has 2 aromatic rings. The Morgan fingerprint density at radius 1 is 1.10 bits per heavy atom. The Labute approximate surface area is 119 Å².